The second kappa shape index (κ2) is 9.18. The van der Waals surface area contributed by atoms with Crippen molar-refractivity contribution in [2.75, 3.05) is 43.1 Å². The van der Waals surface area contributed by atoms with Crippen LogP contribution in [0.5, 0.6) is 5.75 Å². The summed E-state index contributed by atoms with van der Waals surface area (Å²) in [4.78, 5) is 14.3. The average molecular weight is 436 g/mol. The van der Waals surface area contributed by atoms with Crippen LogP contribution in [-0.2, 0) is 21.1 Å². The van der Waals surface area contributed by atoms with Crippen LogP contribution >= 0.6 is 0 Å². The van der Waals surface area contributed by atoms with E-state index in [0.29, 0.717) is 37.7 Å². The van der Waals surface area contributed by atoms with Crippen molar-refractivity contribution in [3.63, 3.8) is 0 Å². The van der Waals surface area contributed by atoms with Crippen LogP contribution in [-0.4, -0.2) is 38.8 Å². The smallest absolute Gasteiger partial charge is 0.416 e. The molecule has 0 spiro atoms. The highest BCUT2D eigenvalue weighted by Crippen LogP contribution is 2.35. The van der Waals surface area contributed by atoms with Gasteiger partial charge in [-0.05, 0) is 41.3 Å². The van der Waals surface area contributed by atoms with Crippen LogP contribution in [0.1, 0.15) is 31.9 Å². The van der Waals surface area contributed by atoms with E-state index in [4.69, 9.17) is 9.47 Å². The Morgan fingerprint density at radius 1 is 1.03 bits per heavy atom. The van der Waals surface area contributed by atoms with Crippen LogP contribution in [0.2, 0.25) is 0 Å². The summed E-state index contributed by atoms with van der Waals surface area (Å²) in [6.45, 7) is 7.99. The molecule has 0 aromatic heterocycles. The highest BCUT2D eigenvalue weighted by Gasteiger charge is 2.32. The molecule has 1 saturated heterocycles. The molecule has 1 N–H and O–H groups in total. The lowest BCUT2D eigenvalue weighted by Gasteiger charge is -2.31. The Morgan fingerprint density at radius 2 is 1.65 bits per heavy atom. The van der Waals surface area contributed by atoms with Crippen molar-refractivity contribution in [2.45, 2.75) is 32.4 Å². The maximum absolute atomic E-state index is 13.2. The fourth-order valence-corrected chi connectivity index (χ4v) is 3.28. The quantitative estimate of drug-likeness (QED) is 0.728. The largest absolute Gasteiger partial charge is 0.484 e. The number of alkyl halides is 3. The lowest BCUT2D eigenvalue weighted by molar-refractivity contribution is -0.137. The lowest BCUT2D eigenvalue weighted by atomic mass is 9.87. The fraction of sp³-hybridized carbons (Fsp3) is 0.435. The van der Waals surface area contributed by atoms with Crippen LogP contribution in [0.3, 0.4) is 0 Å². The minimum absolute atomic E-state index is 0.00466. The molecule has 0 unspecified atom stereocenters. The van der Waals surface area contributed by atoms with Crippen molar-refractivity contribution in [1.82, 2.24) is 0 Å². The Kier molecular flexibility index (Phi) is 6.79. The number of rotatable bonds is 5. The molecule has 2 aromatic rings. The first-order chi connectivity index (χ1) is 14.5. The number of amides is 1. The van der Waals surface area contributed by atoms with Crippen molar-refractivity contribution in [3.8, 4) is 5.75 Å². The van der Waals surface area contributed by atoms with Crippen molar-refractivity contribution < 1.29 is 27.4 Å². The van der Waals surface area contributed by atoms with Gasteiger partial charge in [-0.15, -0.1) is 0 Å². The van der Waals surface area contributed by atoms with Crippen LogP contribution in [0.25, 0.3) is 0 Å². The second-order valence-electron chi connectivity index (χ2n) is 8.44. The molecule has 8 heteroatoms. The summed E-state index contributed by atoms with van der Waals surface area (Å²) in [7, 11) is 0. The summed E-state index contributed by atoms with van der Waals surface area (Å²) in [5, 5.41) is 2.58. The molecular formula is C23H27F3N2O3. The number of hydrogen-bond acceptors (Lipinski definition) is 4. The topological polar surface area (TPSA) is 50.8 Å². The predicted octanol–water partition coefficient (Wildman–Crippen LogP) is 4.86. The molecule has 3 rings (SSSR count). The molecule has 0 aliphatic carbocycles. The fourth-order valence-electron chi connectivity index (χ4n) is 3.28. The van der Waals surface area contributed by atoms with Gasteiger partial charge in [-0.2, -0.15) is 13.2 Å². The van der Waals surface area contributed by atoms with Gasteiger partial charge in [0.05, 0.1) is 30.2 Å². The van der Waals surface area contributed by atoms with Gasteiger partial charge < -0.3 is 19.7 Å². The zero-order chi connectivity index (χ0) is 22.6. The lowest BCUT2D eigenvalue weighted by Crippen LogP contribution is -2.37. The first kappa shape index (κ1) is 22.9. The van der Waals surface area contributed by atoms with E-state index in [9.17, 15) is 18.0 Å². The summed E-state index contributed by atoms with van der Waals surface area (Å²) in [5.74, 6) is -0.0191. The van der Waals surface area contributed by atoms with E-state index >= 15 is 0 Å². The molecule has 1 amide bonds. The Bertz CT molecular complexity index is 900. The standard InChI is InChI=1S/C23H27F3N2O3/c1-22(2,3)16-4-7-18(8-5-16)31-15-21(29)27-19-14-17(23(24,25)26)6-9-20(19)28-10-12-30-13-11-28/h4-9,14H,10-13,15H2,1-3H3,(H,27,29). The number of hydrogen-bond donors (Lipinski definition) is 1. The number of nitrogens with zero attached hydrogens (tertiary/aromatic N) is 1. The van der Waals surface area contributed by atoms with E-state index in [2.05, 4.69) is 26.1 Å². The summed E-state index contributed by atoms with van der Waals surface area (Å²) in [6, 6.07) is 10.8. The van der Waals surface area contributed by atoms with E-state index in [1.54, 1.807) is 12.1 Å². The number of anilines is 2. The van der Waals surface area contributed by atoms with E-state index < -0.39 is 17.6 Å². The molecule has 2 aromatic carbocycles. The van der Waals surface area contributed by atoms with Gasteiger partial charge >= 0.3 is 6.18 Å². The zero-order valence-electron chi connectivity index (χ0n) is 17.9. The van der Waals surface area contributed by atoms with Crippen LogP contribution in [0.15, 0.2) is 42.5 Å². The van der Waals surface area contributed by atoms with E-state index in [-0.39, 0.29) is 17.7 Å². The third-order valence-corrected chi connectivity index (χ3v) is 5.04. The summed E-state index contributed by atoms with van der Waals surface area (Å²) < 4.78 is 50.4. The van der Waals surface area contributed by atoms with Crippen molar-refractivity contribution >= 4 is 17.3 Å². The van der Waals surface area contributed by atoms with Gasteiger partial charge in [-0.1, -0.05) is 32.9 Å². The Morgan fingerprint density at radius 3 is 2.23 bits per heavy atom. The summed E-state index contributed by atoms with van der Waals surface area (Å²) in [5.41, 5.74) is 0.935. The molecule has 168 valence electrons. The van der Waals surface area contributed by atoms with Crippen molar-refractivity contribution in [1.29, 1.82) is 0 Å². The van der Waals surface area contributed by atoms with Gasteiger partial charge in [-0.3, -0.25) is 4.79 Å². The maximum Gasteiger partial charge on any atom is 0.416 e. The summed E-state index contributed by atoms with van der Waals surface area (Å²) in [6.07, 6.45) is -4.51. The van der Waals surface area contributed by atoms with E-state index in [0.717, 1.165) is 17.7 Å². The van der Waals surface area contributed by atoms with Gasteiger partial charge in [0.25, 0.3) is 5.91 Å². The molecule has 1 heterocycles. The molecule has 1 fully saturated rings. The SMILES string of the molecule is CC(C)(C)c1ccc(OCC(=O)Nc2cc(C(F)(F)F)ccc2N2CCOCC2)cc1. The number of nitrogens with one attached hydrogen (secondary N) is 1. The van der Waals surface area contributed by atoms with E-state index in [1.165, 1.54) is 6.07 Å². The molecule has 0 saturated carbocycles. The summed E-state index contributed by atoms with van der Waals surface area (Å²) >= 11 is 0. The minimum atomic E-state index is -4.51. The maximum atomic E-state index is 13.2. The van der Waals surface area contributed by atoms with Crippen molar-refractivity contribution in [2.24, 2.45) is 0 Å². The number of carbonyl (C=O) groups is 1. The highest BCUT2D eigenvalue weighted by molar-refractivity contribution is 5.95. The number of halogens is 3. The monoisotopic (exact) mass is 436 g/mol. The van der Waals surface area contributed by atoms with Gasteiger partial charge in [0, 0.05) is 13.1 Å². The van der Waals surface area contributed by atoms with Gasteiger partial charge in [0.2, 0.25) is 0 Å². The van der Waals surface area contributed by atoms with E-state index in [1.807, 2.05) is 17.0 Å². The molecule has 0 radical (unpaired) electrons. The molecule has 5 nitrogen and oxygen atoms in total. The Balaban J connectivity index is 1.71. The Labute approximate surface area is 180 Å². The predicted molar refractivity (Wildman–Crippen MR) is 114 cm³/mol. The molecule has 31 heavy (non-hydrogen) atoms. The third kappa shape index (κ3) is 6.13. The number of ether oxygens (including phenoxy) is 2. The molecule has 1 aliphatic rings. The van der Waals surface area contributed by atoms with Gasteiger partial charge in [0.1, 0.15) is 5.75 Å². The van der Waals surface area contributed by atoms with Gasteiger partial charge in [-0.25, -0.2) is 0 Å². The molecule has 0 bridgehead atoms. The molecular weight excluding hydrogens is 409 g/mol. The first-order valence-corrected chi connectivity index (χ1v) is 10.1. The highest BCUT2D eigenvalue weighted by atomic mass is 19.4. The number of morpholine rings is 1. The second-order valence-corrected chi connectivity index (χ2v) is 8.44. The van der Waals surface area contributed by atoms with Gasteiger partial charge in [0.15, 0.2) is 6.61 Å². The van der Waals surface area contributed by atoms with Crippen LogP contribution < -0.4 is 15.0 Å². The van der Waals surface area contributed by atoms with Crippen LogP contribution in [0.4, 0.5) is 24.5 Å². The zero-order valence-corrected chi connectivity index (χ0v) is 17.9. The number of benzene rings is 2. The first-order valence-electron chi connectivity index (χ1n) is 10.1. The third-order valence-electron chi connectivity index (χ3n) is 5.04. The Hall–Kier alpha value is -2.74. The van der Waals surface area contributed by atoms with Crippen molar-refractivity contribution in [3.05, 3.63) is 53.6 Å². The number of carbonyl (C=O) groups excluding carboxylic acids is 1. The molecule has 1 aliphatic heterocycles. The van der Waals surface area contributed by atoms with Crippen LogP contribution in [0, 0.1) is 0 Å². The minimum Gasteiger partial charge on any atom is -0.484 e. The molecule has 0 atom stereocenters. The normalized spacial score (nSPS) is 15.0. The average Bonchev–Trinajstić information content (AvgIpc) is 2.72.